The Labute approximate surface area is 180 Å². The molecule has 1 aliphatic heterocycles. The van der Waals surface area contributed by atoms with E-state index in [2.05, 4.69) is 15.5 Å². The van der Waals surface area contributed by atoms with E-state index in [4.69, 9.17) is 27.6 Å². The Morgan fingerprint density at radius 1 is 0.967 bits per heavy atom. The van der Waals surface area contributed by atoms with Crippen LogP contribution in [0, 0.1) is 0 Å². The van der Waals surface area contributed by atoms with Crippen LogP contribution in [-0.2, 0) is 0 Å². The molecule has 0 bridgehead atoms. The predicted molar refractivity (Wildman–Crippen MR) is 119 cm³/mol. The summed E-state index contributed by atoms with van der Waals surface area (Å²) < 4.78 is 5.69. The van der Waals surface area contributed by atoms with Crippen molar-refractivity contribution < 1.29 is 4.42 Å². The van der Waals surface area contributed by atoms with Crippen molar-refractivity contribution in [1.82, 2.24) is 10.2 Å². The van der Waals surface area contributed by atoms with Crippen molar-refractivity contribution in [3.05, 3.63) is 97.9 Å². The van der Waals surface area contributed by atoms with Gasteiger partial charge in [-0.15, -0.1) is 0 Å². The van der Waals surface area contributed by atoms with Crippen LogP contribution in [0.3, 0.4) is 0 Å². The predicted octanol–water partition coefficient (Wildman–Crippen LogP) is 6.21. The van der Waals surface area contributed by atoms with Gasteiger partial charge in [0.25, 0.3) is 0 Å². The molecule has 3 heterocycles. The lowest BCUT2D eigenvalue weighted by Gasteiger charge is -2.30. The van der Waals surface area contributed by atoms with Gasteiger partial charge in [0.2, 0.25) is 0 Å². The van der Waals surface area contributed by atoms with Gasteiger partial charge >= 0.3 is 5.63 Å². The number of aromatic amines is 1. The Morgan fingerprint density at radius 2 is 1.83 bits per heavy atom. The van der Waals surface area contributed by atoms with Gasteiger partial charge in [0, 0.05) is 27.9 Å². The molecule has 0 saturated carbocycles. The van der Waals surface area contributed by atoms with Crippen molar-refractivity contribution in [3.8, 4) is 0 Å². The topological polar surface area (TPSA) is 70.9 Å². The standard InChI is InChI=1S/C23H13Cl2N3O2/c24-14-7-5-11(9-15(14)25)18-19-16(8-6-12-10-26-28-21(12)19)27-22-13-3-1-2-4-17(13)30-23(29)20(18)22/h1-10,18,27H,(H,26,28). The van der Waals surface area contributed by atoms with Crippen molar-refractivity contribution in [2.45, 2.75) is 5.92 Å². The fourth-order valence-corrected chi connectivity index (χ4v) is 4.62. The second-order valence-corrected chi connectivity index (χ2v) is 8.08. The van der Waals surface area contributed by atoms with Crippen LogP contribution in [0.25, 0.3) is 21.9 Å². The molecule has 0 fully saturated rings. The van der Waals surface area contributed by atoms with E-state index in [-0.39, 0.29) is 0 Å². The number of para-hydroxylation sites is 1. The highest BCUT2D eigenvalue weighted by atomic mass is 35.5. The third kappa shape index (κ3) is 2.43. The maximum atomic E-state index is 13.2. The van der Waals surface area contributed by atoms with E-state index in [0.29, 0.717) is 21.2 Å². The summed E-state index contributed by atoms with van der Waals surface area (Å²) in [5, 5.41) is 13.4. The van der Waals surface area contributed by atoms with Gasteiger partial charge in [0.1, 0.15) is 5.58 Å². The van der Waals surface area contributed by atoms with E-state index < -0.39 is 11.5 Å². The molecule has 0 saturated heterocycles. The number of hydrogen-bond acceptors (Lipinski definition) is 4. The molecule has 2 N–H and O–H groups in total. The number of fused-ring (bicyclic) bond motifs is 6. The number of halogens is 2. The fraction of sp³-hybridized carbons (Fsp3) is 0.0435. The first-order valence-corrected chi connectivity index (χ1v) is 10.1. The van der Waals surface area contributed by atoms with Gasteiger partial charge in [-0.05, 0) is 42.0 Å². The first-order valence-electron chi connectivity index (χ1n) is 9.35. The van der Waals surface area contributed by atoms with Crippen molar-refractivity contribution in [2.24, 2.45) is 0 Å². The van der Waals surface area contributed by atoms with Gasteiger partial charge in [-0.1, -0.05) is 41.4 Å². The normalized spacial score (nSPS) is 15.1. The molecule has 1 unspecified atom stereocenters. The summed E-state index contributed by atoms with van der Waals surface area (Å²) in [5.74, 6) is -0.406. The van der Waals surface area contributed by atoms with Gasteiger partial charge in [-0.25, -0.2) is 4.79 Å². The minimum atomic E-state index is -0.406. The van der Waals surface area contributed by atoms with Crippen molar-refractivity contribution in [3.63, 3.8) is 0 Å². The second-order valence-electron chi connectivity index (χ2n) is 7.27. The highest BCUT2D eigenvalue weighted by molar-refractivity contribution is 6.42. The molecule has 3 aromatic carbocycles. The molecule has 0 spiro atoms. The highest BCUT2D eigenvalue weighted by Gasteiger charge is 2.34. The molecule has 7 heteroatoms. The quantitative estimate of drug-likeness (QED) is 0.302. The molecule has 2 aromatic heterocycles. The van der Waals surface area contributed by atoms with Crippen LogP contribution in [0.1, 0.15) is 22.6 Å². The lowest BCUT2D eigenvalue weighted by atomic mass is 9.80. The van der Waals surface area contributed by atoms with Crippen LogP contribution < -0.4 is 10.9 Å². The maximum absolute atomic E-state index is 13.2. The Bertz CT molecular complexity index is 1540. The summed E-state index contributed by atoms with van der Waals surface area (Å²) in [6.45, 7) is 0. The fourth-order valence-electron chi connectivity index (χ4n) is 4.31. The molecule has 5 aromatic rings. The van der Waals surface area contributed by atoms with Gasteiger partial charge in [-0.3, -0.25) is 5.10 Å². The second kappa shape index (κ2) is 6.36. The highest BCUT2D eigenvalue weighted by Crippen LogP contribution is 2.48. The van der Waals surface area contributed by atoms with Crippen molar-refractivity contribution in [2.75, 3.05) is 5.32 Å². The van der Waals surface area contributed by atoms with Crippen LogP contribution in [-0.4, -0.2) is 10.2 Å². The number of hydrogen-bond donors (Lipinski definition) is 2. The molecule has 0 radical (unpaired) electrons. The molecular weight excluding hydrogens is 421 g/mol. The summed E-state index contributed by atoms with van der Waals surface area (Å²) in [4.78, 5) is 13.2. The Balaban J connectivity index is 1.76. The van der Waals surface area contributed by atoms with Gasteiger partial charge < -0.3 is 9.73 Å². The average Bonchev–Trinajstić information content (AvgIpc) is 3.23. The molecule has 30 heavy (non-hydrogen) atoms. The van der Waals surface area contributed by atoms with Crippen LogP contribution in [0.5, 0.6) is 0 Å². The minimum absolute atomic E-state index is 0.394. The minimum Gasteiger partial charge on any atom is -0.422 e. The molecule has 0 aliphatic carbocycles. The lowest BCUT2D eigenvalue weighted by molar-refractivity contribution is 0.549. The summed E-state index contributed by atoms with van der Waals surface area (Å²) >= 11 is 12.5. The van der Waals surface area contributed by atoms with Crippen LogP contribution in [0.15, 0.2) is 70.0 Å². The van der Waals surface area contributed by atoms with Crippen molar-refractivity contribution in [1.29, 1.82) is 0 Å². The molecule has 5 nitrogen and oxygen atoms in total. The van der Waals surface area contributed by atoms with Crippen LogP contribution in [0.2, 0.25) is 10.0 Å². The zero-order chi connectivity index (χ0) is 20.4. The summed E-state index contributed by atoms with van der Waals surface area (Å²) in [6, 6.07) is 16.9. The van der Waals surface area contributed by atoms with Crippen molar-refractivity contribution >= 4 is 56.4 Å². The molecule has 6 rings (SSSR count). The zero-order valence-corrected chi connectivity index (χ0v) is 16.9. The third-order valence-electron chi connectivity index (χ3n) is 5.62. The zero-order valence-electron chi connectivity index (χ0n) is 15.4. The molecule has 1 atom stereocenters. The number of nitrogens with zero attached hydrogens (tertiary/aromatic N) is 1. The summed E-state index contributed by atoms with van der Waals surface area (Å²) in [5.41, 5.74) is 4.92. The maximum Gasteiger partial charge on any atom is 0.342 e. The molecule has 0 amide bonds. The third-order valence-corrected chi connectivity index (χ3v) is 6.36. The van der Waals surface area contributed by atoms with Crippen LogP contribution >= 0.6 is 23.2 Å². The van der Waals surface area contributed by atoms with Crippen LogP contribution in [0.4, 0.5) is 11.4 Å². The number of rotatable bonds is 1. The first kappa shape index (κ1) is 17.6. The smallest absolute Gasteiger partial charge is 0.342 e. The van der Waals surface area contributed by atoms with Gasteiger partial charge in [-0.2, -0.15) is 5.10 Å². The molecular formula is C23H13Cl2N3O2. The number of benzene rings is 3. The number of nitrogens with one attached hydrogen (secondary N) is 2. The Morgan fingerprint density at radius 3 is 2.70 bits per heavy atom. The molecule has 146 valence electrons. The van der Waals surface area contributed by atoms with E-state index in [1.54, 1.807) is 24.4 Å². The Hall–Kier alpha value is -3.28. The monoisotopic (exact) mass is 433 g/mol. The number of H-pyrrole nitrogens is 1. The van der Waals surface area contributed by atoms with E-state index in [9.17, 15) is 4.79 Å². The summed E-state index contributed by atoms with van der Waals surface area (Å²) in [6.07, 6.45) is 1.76. The summed E-state index contributed by atoms with van der Waals surface area (Å²) in [7, 11) is 0. The lowest BCUT2D eigenvalue weighted by Crippen LogP contribution is -2.22. The van der Waals surface area contributed by atoms with E-state index in [0.717, 1.165) is 38.8 Å². The van der Waals surface area contributed by atoms with Gasteiger partial charge in [0.15, 0.2) is 0 Å². The van der Waals surface area contributed by atoms with E-state index >= 15 is 0 Å². The Kier molecular flexibility index (Phi) is 3.72. The SMILES string of the molecule is O=c1oc2ccccc2c2c1C(c1ccc(Cl)c(Cl)c1)c1c(ccc3cn[nH]c13)N2. The number of anilines is 2. The first-order chi connectivity index (χ1) is 14.6. The number of aromatic nitrogens is 2. The van der Waals surface area contributed by atoms with Gasteiger partial charge in [0.05, 0.1) is 33.0 Å². The van der Waals surface area contributed by atoms with E-state index in [1.807, 2.05) is 36.4 Å². The largest absolute Gasteiger partial charge is 0.422 e. The molecule has 1 aliphatic rings. The average molecular weight is 434 g/mol. The van der Waals surface area contributed by atoms with E-state index in [1.165, 1.54) is 0 Å².